The smallest absolute Gasteiger partial charge is 0.310 e. The fourth-order valence-electron chi connectivity index (χ4n) is 3.74. The molecule has 0 aromatic heterocycles. The van der Waals surface area contributed by atoms with E-state index in [2.05, 4.69) is 9.80 Å². The minimum Gasteiger partial charge on any atom is -0.508 e. The Morgan fingerprint density at radius 2 is 1.70 bits per heavy atom. The van der Waals surface area contributed by atoms with E-state index in [9.17, 15) is 20.1 Å². The van der Waals surface area contributed by atoms with Crippen LogP contribution in [0.5, 0.6) is 23.0 Å². The van der Waals surface area contributed by atoms with Gasteiger partial charge in [-0.15, -0.1) is 0 Å². The lowest BCUT2D eigenvalue weighted by atomic mass is 9.93. The van der Waals surface area contributed by atoms with Gasteiger partial charge >= 0.3 is 5.97 Å². The van der Waals surface area contributed by atoms with Crippen LogP contribution in [0.25, 0.3) is 0 Å². The number of rotatable bonds is 3. The van der Waals surface area contributed by atoms with Gasteiger partial charge < -0.3 is 25.0 Å². The zero-order valence-electron chi connectivity index (χ0n) is 17.0. The minimum atomic E-state index is -0.810. The van der Waals surface area contributed by atoms with Crippen LogP contribution in [0, 0.1) is 5.41 Å². The molecule has 2 aromatic rings. The van der Waals surface area contributed by atoms with Crippen molar-refractivity contribution in [1.29, 1.82) is 0 Å². The Bertz CT molecular complexity index is 1010. The van der Waals surface area contributed by atoms with E-state index in [0.29, 0.717) is 61.3 Å². The molecule has 1 saturated heterocycles. The molecule has 0 bridgehead atoms. The highest BCUT2D eigenvalue weighted by molar-refractivity contribution is 6.04. The molecule has 8 nitrogen and oxygen atoms in total. The molecular formula is C22H25N3O5. The van der Waals surface area contributed by atoms with Crippen LogP contribution in [0.1, 0.15) is 19.4 Å². The number of phenols is 2. The molecule has 4 rings (SSSR count). The molecule has 0 spiro atoms. The molecule has 3 N–H and O–H groups in total. The molecule has 30 heavy (non-hydrogen) atoms. The number of carbonyl (C=O) groups is 1. The van der Waals surface area contributed by atoms with Crippen LogP contribution in [-0.4, -0.2) is 69.6 Å². The summed E-state index contributed by atoms with van der Waals surface area (Å²) >= 11 is 0. The first-order valence-corrected chi connectivity index (χ1v) is 9.86. The average molecular weight is 411 g/mol. The number of hydrogen-bond donors (Lipinski definition) is 3. The first-order valence-electron chi connectivity index (χ1n) is 9.86. The SMILES string of the molecule is CC(C)(CN1CCN(C2=Nc3ccc(O)cc3Oc3ccc(O)cc32)CC1)C(=O)O. The van der Waals surface area contributed by atoms with E-state index in [0.717, 1.165) is 0 Å². The number of aromatic hydroxyl groups is 2. The quantitative estimate of drug-likeness (QED) is 0.713. The maximum Gasteiger partial charge on any atom is 0.310 e. The van der Waals surface area contributed by atoms with Crippen LogP contribution in [0.4, 0.5) is 5.69 Å². The Balaban J connectivity index is 1.62. The van der Waals surface area contributed by atoms with Gasteiger partial charge in [-0.1, -0.05) is 0 Å². The van der Waals surface area contributed by atoms with Gasteiger partial charge in [0.25, 0.3) is 0 Å². The largest absolute Gasteiger partial charge is 0.508 e. The first kappa shape index (κ1) is 20.0. The second kappa shape index (κ2) is 7.53. The number of carboxylic acid groups (broad SMARTS) is 1. The topological polar surface area (TPSA) is 106 Å². The Morgan fingerprint density at radius 1 is 1.03 bits per heavy atom. The van der Waals surface area contributed by atoms with E-state index in [-0.39, 0.29) is 11.5 Å². The van der Waals surface area contributed by atoms with Gasteiger partial charge in [-0.2, -0.15) is 0 Å². The van der Waals surface area contributed by atoms with Crippen LogP contribution in [0.2, 0.25) is 0 Å². The van der Waals surface area contributed by atoms with Crippen LogP contribution in [0.3, 0.4) is 0 Å². The number of piperazine rings is 1. The molecule has 2 heterocycles. The van der Waals surface area contributed by atoms with Crippen LogP contribution in [-0.2, 0) is 4.79 Å². The highest BCUT2D eigenvalue weighted by Gasteiger charge is 2.32. The van der Waals surface area contributed by atoms with Gasteiger partial charge in [0.05, 0.1) is 11.0 Å². The van der Waals surface area contributed by atoms with Crippen molar-refractivity contribution in [1.82, 2.24) is 9.80 Å². The molecular weight excluding hydrogens is 386 g/mol. The number of nitrogens with zero attached hydrogens (tertiary/aromatic N) is 3. The predicted molar refractivity (Wildman–Crippen MR) is 112 cm³/mol. The Morgan fingerprint density at radius 3 is 2.40 bits per heavy atom. The highest BCUT2D eigenvalue weighted by atomic mass is 16.5. The maximum absolute atomic E-state index is 11.4. The predicted octanol–water partition coefficient (Wildman–Crippen LogP) is 3.01. The lowest BCUT2D eigenvalue weighted by molar-refractivity contribution is -0.148. The van der Waals surface area contributed by atoms with Gasteiger partial charge in [0.2, 0.25) is 0 Å². The fraction of sp³-hybridized carbons (Fsp3) is 0.364. The molecule has 158 valence electrons. The van der Waals surface area contributed by atoms with Gasteiger partial charge in [-0.3, -0.25) is 9.69 Å². The van der Waals surface area contributed by atoms with Gasteiger partial charge in [0.1, 0.15) is 28.8 Å². The molecule has 2 aliphatic heterocycles. The molecule has 1 fully saturated rings. The summed E-state index contributed by atoms with van der Waals surface area (Å²) in [4.78, 5) is 20.5. The lowest BCUT2D eigenvalue weighted by Gasteiger charge is -2.38. The molecule has 0 atom stereocenters. The number of ether oxygens (including phenoxy) is 1. The van der Waals surface area contributed by atoms with Gasteiger partial charge in [-0.05, 0) is 44.2 Å². The normalized spacial score (nSPS) is 16.7. The molecule has 0 amide bonds. The summed E-state index contributed by atoms with van der Waals surface area (Å²) in [5.74, 6) is 1.06. The van der Waals surface area contributed by atoms with Crippen molar-refractivity contribution < 1.29 is 24.9 Å². The van der Waals surface area contributed by atoms with E-state index < -0.39 is 11.4 Å². The summed E-state index contributed by atoms with van der Waals surface area (Å²) in [6.45, 7) is 6.68. The Kier molecular flexibility index (Phi) is 5.03. The summed E-state index contributed by atoms with van der Waals surface area (Å²) in [7, 11) is 0. The Hall–Kier alpha value is -3.26. The van der Waals surface area contributed by atoms with Crippen molar-refractivity contribution in [3.8, 4) is 23.0 Å². The fourth-order valence-corrected chi connectivity index (χ4v) is 3.74. The summed E-state index contributed by atoms with van der Waals surface area (Å²) in [6, 6.07) is 9.63. The number of benzene rings is 2. The molecule has 0 aliphatic carbocycles. The molecule has 0 radical (unpaired) electrons. The lowest BCUT2D eigenvalue weighted by Crippen LogP contribution is -2.52. The molecule has 2 aromatic carbocycles. The number of carboxylic acids is 1. The summed E-state index contributed by atoms with van der Waals surface area (Å²) in [6.07, 6.45) is 0. The summed E-state index contributed by atoms with van der Waals surface area (Å²) in [5.41, 5.74) is 0.452. The number of hydrogen-bond acceptors (Lipinski definition) is 7. The van der Waals surface area contributed by atoms with E-state index >= 15 is 0 Å². The first-order chi connectivity index (χ1) is 14.2. The standard InChI is InChI=1S/C22H25N3O5/c1-22(2,21(28)29)13-24-7-9-25(10-8-24)20-16-11-14(26)4-6-18(16)30-19-12-15(27)3-5-17(19)23-20/h3-6,11-12,26-27H,7-10,13H2,1-2H3,(H,28,29). The number of fused-ring (bicyclic) bond motifs is 2. The van der Waals surface area contributed by atoms with Crippen molar-refractivity contribution in [2.24, 2.45) is 10.4 Å². The summed E-state index contributed by atoms with van der Waals surface area (Å²) < 4.78 is 5.98. The molecule has 8 heteroatoms. The van der Waals surface area contributed by atoms with Crippen LogP contribution >= 0.6 is 0 Å². The number of aliphatic carboxylic acids is 1. The van der Waals surface area contributed by atoms with E-state index in [1.165, 1.54) is 6.07 Å². The number of phenolic OH excluding ortho intramolecular Hbond substituents is 2. The van der Waals surface area contributed by atoms with Crippen LogP contribution < -0.4 is 4.74 Å². The number of amidine groups is 1. The Labute approximate surface area is 174 Å². The number of aliphatic imine (C=N–C) groups is 1. The van der Waals surface area contributed by atoms with E-state index in [1.807, 2.05) is 0 Å². The summed E-state index contributed by atoms with van der Waals surface area (Å²) in [5, 5.41) is 29.3. The van der Waals surface area contributed by atoms with E-state index in [4.69, 9.17) is 9.73 Å². The van der Waals surface area contributed by atoms with Crippen molar-refractivity contribution in [3.05, 3.63) is 42.0 Å². The van der Waals surface area contributed by atoms with Crippen molar-refractivity contribution >= 4 is 17.5 Å². The molecule has 0 unspecified atom stereocenters. The molecule has 2 aliphatic rings. The van der Waals surface area contributed by atoms with E-state index in [1.54, 1.807) is 44.2 Å². The second-order valence-corrected chi connectivity index (χ2v) is 8.32. The maximum atomic E-state index is 11.4. The zero-order valence-corrected chi connectivity index (χ0v) is 17.0. The third kappa shape index (κ3) is 3.91. The minimum absolute atomic E-state index is 0.0855. The van der Waals surface area contributed by atoms with Crippen molar-refractivity contribution in [2.75, 3.05) is 32.7 Å². The highest BCUT2D eigenvalue weighted by Crippen LogP contribution is 2.41. The van der Waals surface area contributed by atoms with Gasteiger partial charge in [0, 0.05) is 38.8 Å². The van der Waals surface area contributed by atoms with Gasteiger partial charge in [-0.25, -0.2) is 4.99 Å². The zero-order chi connectivity index (χ0) is 21.5. The van der Waals surface area contributed by atoms with Gasteiger partial charge in [0.15, 0.2) is 5.75 Å². The average Bonchev–Trinajstić information content (AvgIpc) is 2.84. The van der Waals surface area contributed by atoms with Crippen molar-refractivity contribution in [3.63, 3.8) is 0 Å². The van der Waals surface area contributed by atoms with Crippen LogP contribution in [0.15, 0.2) is 41.4 Å². The molecule has 0 saturated carbocycles. The third-order valence-electron chi connectivity index (χ3n) is 5.46. The second-order valence-electron chi connectivity index (χ2n) is 8.32. The third-order valence-corrected chi connectivity index (χ3v) is 5.46. The monoisotopic (exact) mass is 411 g/mol. The van der Waals surface area contributed by atoms with Crippen molar-refractivity contribution in [2.45, 2.75) is 13.8 Å².